The Hall–Kier alpha value is -2.33. The first-order chi connectivity index (χ1) is 10.1. The van der Waals surface area contributed by atoms with Gasteiger partial charge in [-0.15, -0.1) is 0 Å². The lowest BCUT2D eigenvalue weighted by atomic mass is 10.1. The monoisotopic (exact) mass is 284 g/mol. The maximum absolute atomic E-state index is 11.8. The highest BCUT2D eigenvalue weighted by atomic mass is 16.5. The summed E-state index contributed by atoms with van der Waals surface area (Å²) in [6.45, 7) is 1.94. The molecule has 1 unspecified atom stereocenters. The third-order valence-corrected chi connectivity index (χ3v) is 2.88. The summed E-state index contributed by atoms with van der Waals surface area (Å²) in [6.07, 6.45) is 0.785. The van der Waals surface area contributed by atoms with Crippen LogP contribution >= 0.6 is 0 Å². The lowest BCUT2D eigenvalue weighted by Crippen LogP contribution is -2.20. The Balaban J connectivity index is 1.86. The Labute approximate surface area is 124 Å². The van der Waals surface area contributed by atoms with Gasteiger partial charge in [0.25, 0.3) is 5.91 Å². The Kier molecular flexibility index (Phi) is 5.35. The Bertz CT molecular complexity index is 582. The van der Waals surface area contributed by atoms with Gasteiger partial charge in [-0.05, 0) is 43.2 Å². The second kappa shape index (κ2) is 7.45. The summed E-state index contributed by atoms with van der Waals surface area (Å²) in [5.41, 5.74) is 7.64. The zero-order valence-electron chi connectivity index (χ0n) is 12.1. The van der Waals surface area contributed by atoms with E-state index in [1.807, 2.05) is 61.5 Å². The first-order valence-corrected chi connectivity index (χ1v) is 6.96. The minimum absolute atomic E-state index is 0.0173. The first-order valence-electron chi connectivity index (χ1n) is 6.96. The van der Waals surface area contributed by atoms with E-state index in [1.165, 1.54) is 0 Å². The topological polar surface area (TPSA) is 64.3 Å². The molecular formula is C17H20N2O2. The van der Waals surface area contributed by atoms with Crippen molar-refractivity contribution < 1.29 is 9.53 Å². The summed E-state index contributed by atoms with van der Waals surface area (Å²) < 4.78 is 5.51. The van der Waals surface area contributed by atoms with E-state index in [4.69, 9.17) is 10.5 Å². The zero-order chi connectivity index (χ0) is 15.1. The molecule has 0 heterocycles. The van der Waals surface area contributed by atoms with Crippen molar-refractivity contribution in [3.05, 3.63) is 60.2 Å². The van der Waals surface area contributed by atoms with E-state index >= 15 is 0 Å². The first kappa shape index (κ1) is 15.1. The molecule has 0 aliphatic carbocycles. The summed E-state index contributed by atoms with van der Waals surface area (Å²) in [6, 6.07) is 17.1. The molecule has 21 heavy (non-hydrogen) atoms. The molecule has 0 aromatic heterocycles. The number of nitrogens with one attached hydrogen (secondary N) is 1. The van der Waals surface area contributed by atoms with Gasteiger partial charge >= 0.3 is 0 Å². The fourth-order valence-corrected chi connectivity index (χ4v) is 2.00. The molecule has 0 aliphatic rings. The molecule has 1 atom stereocenters. The predicted octanol–water partition coefficient (Wildman–Crippen LogP) is 2.59. The summed E-state index contributed by atoms with van der Waals surface area (Å²) in [5.74, 6) is 0.496. The van der Waals surface area contributed by atoms with Gasteiger partial charge in [-0.3, -0.25) is 4.79 Å². The van der Waals surface area contributed by atoms with Crippen molar-refractivity contribution in [3.8, 4) is 5.75 Å². The number of rotatable bonds is 6. The van der Waals surface area contributed by atoms with Crippen LogP contribution in [0.5, 0.6) is 5.75 Å². The molecule has 2 aromatic carbocycles. The highest BCUT2D eigenvalue weighted by Gasteiger charge is 2.04. The quantitative estimate of drug-likeness (QED) is 0.857. The molecule has 4 nitrogen and oxygen atoms in total. The van der Waals surface area contributed by atoms with Gasteiger partial charge in [-0.2, -0.15) is 0 Å². The maximum atomic E-state index is 11.8. The molecule has 0 fully saturated rings. The number of para-hydroxylation sites is 1. The number of anilines is 1. The van der Waals surface area contributed by atoms with Gasteiger partial charge in [0.05, 0.1) is 0 Å². The molecule has 2 aromatic rings. The summed E-state index contributed by atoms with van der Waals surface area (Å²) in [7, 11) is 0. The van der Waals surface area contributed by atoms with Gasteiger partial charge in [-0.1, -0.05) is 30.3 Å². The molecule has 3 N–H and O–H groups in total. The van der Waals surface area contributed by atoms with Crippen LogP contribution in [0.4, 0.5) is 5.69 Å². The van der Waals surface area contributed by atoms with Crippen molar-refractivity contribution in [2.24, 2.45) is 5.73 Å². The van der Waals surface area contributed by atoms with Crippen molar-refractivity contribution in [2.45, 2.75) is 19.4 Å². The van der Waals surface area contributed by atoms with Gasteiger partial charge in [0.15, 0.2) is 6.61 Å². The van der Waals surface area contributed by atoms with Crippen LogP contribution in [-0.4, -0.2) is 18.6 Å². The van der Waals surface area contributed by atoms with E-state index < -0.39 is 0 Å². The van der Waals surface area contributed by atoms with E-state index in [-0.39, 0.29) is 18.6 Å². The average Bonchev–Trinajstić information content (AvgIpc) is 2.46. The van der Waals surface area contributed by atoms with Gasteiger partial charge in [-0.25, -0.2) is 0 Å². The maximum Gasteiger partial charge on any atom is 0.262 e. The smallest absolute Gasteiger partial charge is 0.262 e. The van der Waals surface area contributed by atoms with E-state index in [9.17, 15) is 4.79 Å². The van der Waals surface area contributed by atoms with Crippen LogP contribution in [0.3, 0.4) is 0 Å². The highest BCUT2D eigenvalue weighted by molar-refractivity contribution is 5.91. The number of hydrogen-bond donors (Lipinski definition) is 2. The number of hydrogen-bond acceptors (Lipinski definition) is 3. The van der Waals surface area contributed by atoms with Gasteiger partial charge < -0.3 is 15.8 Å². The van der Waals surface area contributed by atoms with Crippen LogP contribution in [0.15, 0.2) is 54.6 Å². The second-order valence-electron chi connectivity index (χ2n) is 5.03. The van der Waals surface area contributed by atoms with Gasteiger partial charge in [0.2, 0.25) is 0 Å². The van der Waals surface area contributed by atoms with Crippen molar-refractivity contribution in [1.29, 1.82) is 0 Å². The fraction of sp³-hybridized carbons (Fsp3) is 0.235. The summed E-state index contributed by atoms with van der Waals surface area (Å²) in [4.78, 5) is 11.8. The third kappa shape index (κ3) is 5.28. The second-order valence-corrected chi connectivity index (χ2v) is 5.03. The molecular weight excluding hydrogens is 264 g/mol. The molecule has 0 aliphatic heterocycles. The summed E-state index contributed by atoms with van der Waals surface area (Å²) >= 11 is 0. The fourth-order valence-electron chi connectivity index (χ4n) is 2.00. The van der Waals surface area contributed by atoms with E-state index in [0.717, 1.165) is 17.7 Å². The normalized spacial score (nSPS) is 11.7. The predicted molar refractivity (Wildman–Crippen MR) is 84.4 cm³/mol. The van der Waals surface area contributed by atoms with Gasteiger partial charge in [0.1, 0.15) is 5.75 Å². The van der Waals surface area contributed by atoms with E-state index in [0.29, 0.717) is 5.75 Å². The minimum atomic E-state index is -0.182. The van der Waals surface area contributed by atoms with E-state index in [1.54, 1.807) is 0 Å². The SMILES string of the molecule is CC(N)Cc1cccc(OCC(=O)Nc2ccccc2)c1. The highest BCUT2D eigenvalue weighted by Crippen LogP contribution is 2.14. The average molecular weight is 284 g/mol. The lowest BCUT2D eigenvalue weighted by molar-refractivity contribution is -0.118. The van der Waals surface area contributed by atoms with Crippen LogP contribution in [0, 0.1) is 0 Å². The Morgan fingerprint density at radius 2 is 1.95 bits per heavy atom. The van der Waals surface area contributed by atoms with Crippen LogP contribution in [0.2, 0.25) is 0 Å². The van der Waals surface area contributed by atoms with Crippen LogP contribution in [0.1, 0.15) is 12.5 Å². The van der Waals surface area contributed by atoms with Crippen LogP contribution in [-0.2, 0) is 11.2 Å². The Morgan fingerprint density at radius 3 is 2.67 bits per heavy atom. The molecule has 1 amide bonds. The number of amides is 1. The molecule has 4 heteroatoms. The van der Waals surface area contributed by atoms with Crippen molar-refractivity contribution in [2.75, 3.05) is 11.9 Å². The number of nitrogens with two attached hydrogens (primary N) is 1. The standard InChI is InChI=1S/C17H20N2O2/c1-13(18)10-14-6-5-9-16(11-14)21-12-17(20)19-15-7-3-2-4-8-15/h2-9,11,13H,10,12,18H2,1H3,(H,19,20). The summed E-state index contributed by atoms with van der Waals surface area (Å²) in [5, 5.41) is 2.78. The lowest BCUT2D eigenvalue weighted by Gasteiger charge is -2.10. The molecule has 0 spiro atoms. The number of carbonyl (C=O) groups excluding carboxylic acids is 1. The molecule has 2 rings (SSSR count). The third-order valence-electron chi connectivity index (χ3n) is 2.88. The van der Waals surface area contributed by atoms with Crippen molar-refractivity contribution >= 4 is 11.6 Å². The number of ether oxygens (including phenoxy) is 1. The zero-order valence-corrected chi connectivity index (χ0v) is 12.1. The number of carbonyl (C=O) groups is 1. The number of benzene rings is 2. The Morgan fingerprint density at radius 1 is 1.19 bits per heavy atom. The van der Waals surface area contributed by atoms with Crippen molar-refractivity contribution in [1.82, 2.24) is 0 Å². The molecule has 0 saturated carbocycles. The van der Waals surface area contributed by atoms with Gasteiger partial charge in [0, 0.05) is 11.7 Å². The van der Waals surface area contributed by atoms with Crippen molar-refractivity contribution in [3.63, 3.8) is 0 Å². The van der Waals surface area contributed by atoms with Crippen LogP contribution < -0.4 is 15.8 Å². The molecule has 110 valence electrons. The molecule has 0 saturated heterocycles. The molecule has 0 radical (unpaired) electrons. The van der Waals surface area contributed by atoms with E-state index in [2.05, 4.69) is 5.32 Å². The molecule has 0 bridgehead atoms. The largest absolute Gasteiger partial charge is 0.484 e. The van der Waals surface area contributed by atoms with Crippen LogP contribution in [0.25, 0.3) is 0 Å². The minimum Gasteiger partial charge on any atom is -0.484 e.